The number of nitrogens with one attached hydrogen (secondary N) is 1. The predicted molar refractivity (Wildman–Crippen MR) is 112 cm³/mol. The van der Waals surface area contributed by atoms with Crippen LogP contribution in [0.15, 0.2) is 48.1 Å². The van der Waals surface area contributed by atoms with E-state index in [1.807, 2.05) is 46.0 Å². The number of aryl methyl sites for hydroxylation is 1. The Morgan fingerprint density at radius 3 is 2.63 bits per heavy atom. The standard InChI is InChI=1S/C21H22FN3.C2H6/c1-12-4-7-17(22)9-18(12)20-8-16-11-23-21(10-19(16)14(3)24-20)25-13(2)15-5-6-15;1-2/h8-11,15H,2,4-7H2,1,3H3,(H,23,25);1-2H3. The minimum Gasteiger partial charge on any atom is -0.344 e. The van der Waals surface area contributed by atoms with E-state index >= 15 is 0 Å². The zero-order chi connectivity index (χ0) is 19.6. The molecular formula is C23H28FN3. The van der Waals surface area contributed by atoms with E-state index in [0.29, 0.717) is 12.3 Å². The average molecular weight is 365 g/mol. The Morgan fingerprint density at radius 1 is 1.19 bits per heavy atom. The number of nitrogens with zero attached hydrogens (tertiary/aromatic N) is 2. The lowest BCUT2D eigenvalue weighted by atomic mass is 9.94. The first-order chi connectivity index (χ1) is 13.0. The van der Waals surface area contributed by atoms with Crippen molar-refractivity contribution in [2.45, 2.75) is 53.4 Å². The van der Waals surface area contributed by atoms with E-state index in [2.05, 4.69) is 16.9 Å². The van der Waals surface area contributed by atoms with E-state index in [4.69, 9.17) is 4.98 Å². The van der Waals surface area contributed by atoms with Crippen molar-refractivity contribution in [2.24, 2.45) is 5.92 Å². The van der Waals surface area contributed by atoms with Crippen molar-refractivity contribution >= 4 is 22.2 Å². The van der Waals surface area contributed by atoms with Crippen molar-refractivity contribution in [3.63, 3.8) is 0 Å². The van der Waals surface area contributed by atoms with Crippen LogP contribution < -0.4 is 5.32 Å². The van der Waals surface area contributed by atoms with Gasteiger partial charge in [-0.25, -0.2) is 9.37 Å². The zero-order valence-electron chi connectivity index (χ0n) is 16.7. The van der Waals surface area contributed by atoms with Crippen LogP contribution >= 0.6 is 0 Å². The maximum absolute atomic E-state index is 13.7. The summed E-state index contributed by atoms with van der Waals surface area (Å²) in [6.07, 6.45) is 7.14. The van der Waals surface area contributed by atoms with Gasteiger partial charge in [0, 0.05) is 40.4 Å². The molecule has 3 nitrogen and oxygen atoms in total. The van der Waals surface area contributed by atoms with Gasteiger partial charge in [-0.05, 0) is 57.2 Å². The summed E-state index contributed by atoms with van der Waals surface area (Å²) in [5.74, 6) is 1.32. The van der Waals surface area contributed by atoms with Crippen molar-refractivity contribution in [3.8, 4) is 0 Å². The Bertz CT molecular complexity index is 936. The first kappa shape index (κ1) is 19.3. The molecule has 4 rings (SSSR count). The first-order valence-corrected chi connectivity index (χ1v) is 9.80. The van der Waals surface area contributed by atoms with Crippen LogP contribution in [0.3, 0.4) is 0 Å². The largest absolute Gasteiger partial charge is 0.344 e. The summed E-state index contributed by atoms with van der Waals surface area (Å²) in [6, 6.07) is 4.02. The summed E-state index contributed by atoms with van der Waals surface area (Å²) < 4.78 is 13.7. The number of halogens is 1. The molecular weight excluding hydrogens is 337 g/mol. The van der Waals surface area contributed by atoms with Gasteiger partial charge < -0.3 is 5.32 Å². The highest BCUT2D eigenvalue weighted by Crippen LogP contribution is 2.36. The van der Waals surface area contributed by atoms with Crippen LogP contribution in [0.25, 0.3) is 16.3 Å². The highest BCUT2D eigenvalue weighted by atomic mass is 19.1. The number of hydrogen-bond acceptors (Lipinski definition) is 3. The highest BCUT2D eigenvalue weighted by Gasteiger charge is 2.24. The van der Waals surface area contributed by atoms with Gasteiger partial charge >= 0.3 is 0 Å². The summed E-state index contributed by atoms with van der Waals surface area (Å²) in [5.41, 5.74) is 4.87. The topological polar surface area (TPSA) is 37.8 Å². The van der Waals surface area contributed by atoms with E-state index in [0.717, 1.165) is 45.7 Å². The predicted octanol–water partition coefficient (Wildman–Crippen LogP) is 6.72. The molecule has 2 aromatic heterocycles. The Kier molecular flexibility index (Phi) is 5.73. The quantitative estimate of drug-likeness (QED) is 0.653. The molecule has 27 heavy (non-hydrogen) atoms. The molecule has 2 aliphatic rings. The third-order valence-corrected chi connectivity index (χ3v) is 5.04. The third-order valence-electron chi connectivity index (χ3n) is 5.04. The Morgan fingerprint density at radius 2 is 1.93 bits per heavy atom. The molecule has 0 aliphatic heterocycles. The van der Waals surface area contributed by atoms with E-state index in [-0.39, 0.29) is 5.83 Å². The maximum Gasteiger partial charge on any atom is 0.130 e. The van der Waals surface area contributed by atoms with Gasteiger partial charge in [0.1, 0.15) is 11.6 Å². The molecule has 0 radical (unpaired) electrons. The second-order valence-corrected chi connectivity index (χ2v) is 7.09. The molecule has 0 amide bonds. The molecule has 4 heteroatoms. The molecule has 0 aromatic carbocycles. The Hall–Kier alpha value is -2.49. The van der Waals surface area contributed by atoms with Crippen LogP contribution in [-0.2, 0) is 0 Å². The molecule has 0 unspecified atom stereocenters. The molecule has 0 spiro atoms. The van der Waals surface area contributed by atoms with Gasteiger partial charge in [-0.15, -0.1) is 0 Å². The minimum atomic E-state index is -0.0728. The van der Waals surface area contributed by atoms with Crippen LogP contribution in [0.5, 0.6) is 0 Å². The van der Waals surface area contributed by atoms with Crippen LogP contribution in [-0.4, -0.2) is 9.97 Å². The fraction of sp³-hybridized carbons (Fsp3) is 0.391. The van der Waals surface area contributed by atoms with Crippen molar-refractivity contribution in [2.75, 3.05) is 5.32 Å². The summed E-state index contributed by atoms with van der Waals surface area (Å²) in [7, 11) is 0. The molecule has 2 aliphatic carbocycles. The molecule has 142 valence electrons. The number of rotatable bonds is 4. The fourth-order valence-electron chi connectivity index (χ4n) is 3.31. The molecule has 1 N–H and O–H groups in total. The number of aromatic nitrogens is 2. The normalized spacial score (nSPS) is 16.6. The molecule has 2 aromatic rings. The summed E-state index contributed by atoms with van der Waals surface area (Å²) >= 11 is 0. The number of allylic oxidation sites excluding steroid dienone is 5. The Labute approximate surface area is 161 Å². The van der Waals surface area contributed by atoms with Gasteiger partial charge in [-0.1, -0.05) is 26.0 Å². The molecule has 0 atom stereocenters. The van der Waals surface area contributed by atoms with Crippen molar-refractivity contribution in [3.05, 3.63) is 59.5 Å². The van der Waals surface area contributed by atoms with Crippen molar-refractivity contribution in [1.82, 2.24) is 9.97 Å². The lowest BCUT2D eigenvalue weighted by Crippen LogP contribution is -2.03. The van der Waals surface area contributed by atoms with Crippen LogP contribution in [0.4, 0.5) is 10.2 Å². The van der Waals surface area contributed by atoms with Gasteiger partial charge in [0.25, 0.3) is 0 Å². The van der Waals surface area contributed by atoms with Crippen molar-refractivity contribution < 1.29 is 4.39 Å². The lowest BCUT2D eigenvalue weighted by Gasteiger charge is -2.15. The third kappa shape index (κ3) is 4.26. The number of hydrogen-bond donors (Lipinski definition) is 1. The molecule has 1 fully saturated rings. The Balaban J connectivity index is 0.00000102. The zero-order valence-corrected chi connectivity index (χ0v) is 16.7. The first-order valence-electron chi connectivity index (χ1n) is 9.80. The monoisotopic (exact) mass is 365 g/mol. The second kappa shape index (κ2) is 8.03. The second-order valence-electron chi connectivity index (χ2n) is 7.09. The fourth-order valence-corrected chi connectivity index (χ4v) is 3.31. The van der Waals surface area contributed by atoms with E-state index in [9.17, 15) is 4.39 Å². The van der Waals surface area contributed by atoms with E-state index < -0.39 is 0 Å². The molecule has 0 bridgehead atoms. The maximum atomic E-state index is 13.7. The summed E-state index contributed by atoms with van der Waals surface area (Å²) in [5, 5.41) is 5.39. The summed E-state index contributed by atoms with van der Waals surface area (Å²) in [6.45, 7) is 12.1. The van der Waals surface area contributed by atoms with Gasteiger partial charge in [-0.3, -0.25) is 4.98 Å². The summed E-state index contributed by atoms with van der Waals surface area (Å²) in [4.78, 5) is 9.24. The van der Waals surface area contributed by atoms with Gasteiger partial charge in [0.05, 0.1) is 5.69 Å². The van der Waals surface area contributed by atoms with E-state index in [1.54, 1.807) is 6.08 Å². The molecule has 1 saturated carbocycles. The van der Waals surface area contributed by atoms with Crippen LogP contribution in [0, 0.1) is 12.8 Å². The van der Waals surface area contributed by atoms with Gasteiger partial charge in [-0.2, -0.15) is 0 Å². The minimum absolute atomic E-state index is 0.0728. The number of pyridine rings is 2. The van der Waals surface area contributed by atoms with Crippen LogP contribution in [0.1, 0.15) is 57.8 Å². The van der Waals surface area contributed by atoms with Crippen molar-refractivity contribution in [1.29, 1.82) is 0 Å². The van der Waals surface area contributed by atoms with E-state index in [1.165, 1.54) is 18.4 Å². The smallest absolute Gasteiger partial charge is 0.130 e. The van der Waals surface area contributed by atoms with Gasteiger partial charge in [0.15, 0.2) is 0 Å². The number of fused-ring (bicyclic) bond motifs is 1. The average Bonchev–Trinajstić information content (AvgIpc) is 3.51. The highest BCUT2D eigenvalue weighted by molar-refractivity contribution is 5.90. The number of anilines is 1. The molecule has 2 heterocycles. The van der Waals surface area contributed by atoms with Crippen LogP contribution in [0.2, 0.25) is 0 Å². The lowest BCUT2D eigenvalue weighted by molar-refractivity contribution is 0.583. The van der Waals surface area contributed by atoms with Gasteiger partial charge in [0.2, 0.25) is 0 Å². The molecule has 0 saturated heterocycles. The SMILES string of the molecule is C=C(Nc1cc2c(C)nc(C3=C(C)CCC(F)=C3)cc2cn1)C1CC1.CC.